The number of benzene rings is 2. The number of nitrogens with one attached hydrogen (secondary N) is 1. The lowest BCUT2D eigenvalue weighted by atomic mass is 10.2. The molecule has 0 saturated heterocycles. The smallest absolute Gasteiger partial charge is 0.338 e. The number of hydrogen-bond acceptors (Lipinski definition) is 6. The number of esters is 1. The number of carbonyl (C=O) groups is 2. The molecule has 1 aliphatic rings. The van der Waals surface area contributed by atoms with E-state index in [0.717, 1.165) is 12.8 Å². The number of carbonyl (C=O) groups excluding carboxylic acids is 2. The Balaban J connectivity index is 1.53. The first-order valence-corrected chi connectivity index (χ1v) is 9.71. The molecule has 0 unspecified atom stereocenters. The van der Waals surface area contributed by atoms with Crippen LogP contribution in [-0.2, 0) is 9.53 Å². The molecule has 0 spiro atoms. The number of hydrogen-bond donors (Lipinski definition) is 1. The molecule has 154 valence electrons. The first-order valence-electron chi connectivity index (χ1n) is 9.71. The average molecular weight is 399 g/mol. The molecule has 0 bridgehead atoms. The number of fused-ring (bicyclic) bond motifs is 1. The molecule has 0 aromatic heterocycles. The van der Waals surface area contributed by atoms with E-state index in [-0.39, 0.29) is 0 Å². The monoisotopic (exact) mass is 399 g/mol. The van der Waals surface area contributed by atoms with Gasteiger partial charge in [0.1, 0.15) is 19.0 Å². The molecule has 1 atom stereocenters. The van der Waals surface area contributed by atoms with Crippen LogP contribution in [0.4, 0.5) is 5.69 Å². The van der Waals surface area contributed by atoms with Crippen molar-refractivity contribution in [1.29, 1.82) is 0 Å². The number of rotatable bonds is 8. The maximum Gasteiger partial charge on any atom is 0.338 e. The molecular weight excluding hydrogens is 374 g/mol. The minimum Gasteiger partial charge on any atom is -0.494 e. The zero-order chi connectivity index (χ0) is 20.6. The Morgan fingerprint density at radius 1 is 1.07 bits per heavy atom. The maximum absolute atomic E-state index is 12.4. The molecule has 3 rings (SSSR count). The molecule has 1 heterocycles. The predicted molar refractivity (Wildman–Crippen MR) is 108 cm³/mol. The molecule has 2 aromatic carbocycles. The number of ether oxygens (including phenoxy) is 4. The first kappa shape index (κ1) is 20.5. The number of anilines is 1. The standard InChI is InChI=1S/C22H25NO6/c1-3-4-11-26-18-8-5-16(6-9-18)22(25)29-15(2)21(24)23-17-7-10-19-20(14-17)28-13-12-27-19/h5-10,14-15H,3-4,11-13H2,1-2H3,(H,23,24)/t15-/m0/s1. The van der Waals surface area contributed by atoms with E-state index < -0.39 is 18.0 Å². The fraction of sp³-hybridized carbons (Fsp3) is 0.364. The van der Waals surface area contributed by atoms with Crippen molar-refractivity contribution in [3.63, 3.8) is 0 Å². The quantitative estimate of drug-likeness (QED) is 0.537. The third-order valence-corrected chi connectivity index (χ3v) is 4.32. The van der Waals surface area contributed by atoms with E-state index in [2.05, 4.69) is 12.2 Å². The third-order valence-electron chi connectivity index (χ3n) is 4.32. The van der Waals surface area contributed by atoms with E-state index in [1.54, 1.807) is 42.5 Å². The largest absolute Gasteiger partial charge is 0.494 e. The van der Waals surface area contributed by atoms with Gasteiger partial charge in [0.05, 0.1) is 12.2 Å². The Bertz CT molecular complexity index is 849. The van der Waals surface area contributed by atoms with Gasteiger partial charge in [-0.2, -0.15) is 0 Å². The van der Waals surface area contributed by atoms with Crippen molar-refractivity contribution in [2.75, 3.05) is 25.1 Å². The minimum atomic E-state index is -0.962. The Labute approximate surface area is 169 Å². The highest BCUT2D eigenvalue weighted by atomic mass is 16.6. The van der Waals surface area contributed by atoms with E-state index in [9.17, 15) is 9.59 Å². The Kier molecular flexibility index (Phi) is 6.94. The van der Waals surface area contributed by atoms with Crippen LogP contribution in [0, 0.1) is 0 Å². The second-order valence-electron chi connectivity index (χ2n) is 6.62. The highest BCUT2D eigenvalue weighted by Crippen LogP contribution is 2.32. The van der Waals surface area contributed by atoms with Crippen LogP contribution in [0.5, 0.6) is 17.2 Å². The zero-order valence-electron chi connectivity index (χ0n) is 16.6. The van der Waals surface area contributed by atoms with Crippen molar-refractivity contribution in [1.82, 2.24) is 0 Å². The van der Waals surface area contributed by atoms with Gasteiger partial charge in [-0.1, -0.05) is 13.3 Å². The second kappa shape index (κ2) is 9.82. The van der Waals surface area contributed by atoms with Crippen molar-refractivity contribution < 1.29 is 28.5 Å². The van der Waals surface area contributed by atoms with Crippen molar-refractivity contribution >= 4 is 17.6 Å². The molecule has 1 amide bonds. The zero-order valence-corrected chi connectivity index (χ0v) is 16.6. The molecule has 1 N–H and O–H groups in total. The molecule has 0 radical (unpaired) electrons. The molecule has 7 nitrogen and oxygen atoms in total. The summed E-state index contributed by atoms with van der Waals surface area (Å²) < 4.78 is 21.8. The molecule has 0 saturated carbocycles. The van der Waals surface area contributed by atoms with Crippen LogP contribution in [0.15, 0.2) is 42.5 Å². The summed E-state index contributed by atoms with van der Waals surface area (Å²) in [5, 5.41) is 2.71. The molecule has 7 heteroatoms. The van der Waals surface area contributed by atoms with Crippen molar-refractivity contribution in [3.05, 3.63) is 48.0 Å². The first-order chi connectivity index (χ1) is 14.1. The van der Waals surface area contributed by atoms with Crippen LogP contribution < -0.4 is 19.5 Å². The topological polar surface area (TPSA) is 83.1 Å². The fourth-order valence-electron chi connectivity index (χ4n) is 2.67. The summed E-state index contributed by atoms with van der Waals surface area (Å²) in [7, 11) is 0. The van der Waals surface area contributed by atoms with Gasteiger partial charge >= 0.3 is 5.97 Å². The molecular formula is C22H25NO6. The van der Waals surface area contributed by atoms with Crippen LogP contribution in [0.25, 0.3) is 0 Å². The molecule has 0 aliphatic carbocycles. The lowest BCUT2D eigenvalue weighted by Gasteiger charge is -2.19. The van der Waals surface area contributed by atoms with Gasteiger partial charge < -0.3 is 24.3 Å². The van der Waals surface area contributed by atoms with E-state index in [0.29, 0.717) is 48.3 Å². The van der Waals surface area contributed by atoms with Gasteiger partial charge in [-0.15, -0.1) is 0 Å². The van der Waals surface area contributed by atoms with Crippen LogP contribution in [-0.4, -0.2) is 37.8 Å². The molecule has 1 aliphatic heterocycles. The van der Waals surface area contributed by atoms with Crippen LogP contribution in [0.2, 0.25) is 0 Å². The van der Waals surface area contributed by atoms with E-state index >= 15 is 0 Å². The summed E-state index contributed by atoms with van der Waals surface area (Å²) in [5.74, 6) is 0.889. The van der Waals surface area contributed by atoms with Crippen LogP contribution in [0.3, 0.4) is 0 Å². The summed E-state index contributed by atoms with van der Waals surface area (Å²) in [6.45, 7) is 5.21. The van der Waals surface area contributed by atoms with Gasteiger partial charge in [-0.3, -0.25) is 4.79 Å². The predicted octanol–water partition coefficient (Wildman–Crippen LogP) is 3.82. The summed E-state index contributed by atoms with van der Waals surface area (Å²) in [5.41, 5.74) is 0.891. The lowest BCUT2D eigenvalue weighted by Crippen LogP contribution is -2.30. The van der Waals surface area contributed by atoms with Gasteiger partial charge in [0.15, 0.2) is 17.6 Å². The second-order valence-corrected chi connectivity index (χ2v) is 6.62. The summed E-state index contributed by atoms with van der Waals surface area (Å²) in [6.07, 6.45) is 1.06. The summed E-state index contributed by atoms with van der Waals surface area (Å²) in [6, 6.07) is 11.8. The minimum absolute atomic E-state index is 0.354. The highest BCUT2D eigenvalue weighted by Gasteiger charge is 2.20. The number of unbranched alkanes of at least 4 members (excludes halogenated alkanes) is 1. The molecule has 29 heavy (non-hydrogen) atoms. The van der Waals surface area contributed by atoms with Gasteiger partial charge in [-0.05, 0) is 49.7 Å². The maximum atomic E-state index is 12.4. The Morgan fingerprint density at radius 2 is 1.79 bits per heavy atom. The Morgan fingerprint density at radius 3 is 2.52 bits per heavy atom. The summed E-state index contributed by atoms with van der Waals surface area (Å²) in [4.78, 5) is 24.7. The Hall–Kier alpha value is -3.22. The van der Waals surface area contributed by atoms with Crippen molar-refractivity contribution in [3.8, 4) is 17.2 Å². The molecule has 2 aromatic rings. The van der Waals surface area contributed by atoms with Gasteiger partial charge in [0, 0.05) is 11.8 Å². The third kappa shape index (κ3) is 5.63. The fourth-order valence-corrected chi connectivity index (χ4v) is 2.67. The number of amides is 1. The van der Waals surface area contributed by atoms with Crippen LogP contribution in [0.1, 0.15) is 37.0 Å². The van der Waals surface area contributed by atoms with Crippen LogP contribution >= 0.6 is 0 Å². The normalized spacial score (nSPS) is 13.3. The van der Waals surface area contributed by atoms with Crippen molar-refractivity contribution in [2.24, 2.45) is 0 Å². The SMILES string of the molecule is CCCCOc1ccc(C(=O)O[C@@H](C)C(=O)Nc2ccc3c(c2)OCCO3)cc1. The average Bonchev–Trinajstić information content (AvgIpc) is 2.74. The lowest BCUT2D eigenvalue weighted by molar-refractivity contribution is -0.123. The highest BCUT2D eigenvalue weighted by molar-refractivity contribution is 5.97. The van der Waals surface area contributed by atoms with E-state index in [4.69, 9.17) is 18.9 Å². The van der Waals surface area contributed by atoms with Gasteiger partial charge in [0.2, 0.25) is 0 Å². The van der Waals surface area contributed by atoms with Gasteiger partial charge in [0.25, 0.3) is 5.91 Å². The summed E-state index contributed by atoms with van der Waals surface area (Å²) >= 11 is 0. The van der Waals surface area contributed by atoms with E-state index in [1.807, 2.05) is 0 Å². The van der Waals surface area contributed by atoms with Gasteiger partial charge in [-0.25, -0.2) is 4.79 Å². The molecule has 0 fully saturated rings. The van der Waals surface area contributed by atoms with E-state index in [1.165, 1.54) is 6.92 Å². The van der Waals surface area contributed by atoms with Crippen molar-refractivity contribution in [2.45, 2.75) is 32.8 Å².